The minimum Gasteiger partial charge on any atom is -0.349 e. The van der Waals surface area contributed by atoms with Crippen LogP contribution in [0.5, 0.6) is 0 Å². The Kier molecular flexibility index (Phi) is 6.10. The van der Waals surface area contributed by atoms with Gasteiger partial charge in [-0.15, -0.1) is 0 Å². The highest BCUT2D eigenvalue weighted by molar-refractivity contribution is 5.95. The molecule has 2 aromatic carbocycles. The van der Waals surface area contributed by atoms with Gasteiger partial charge in [0.05, 0.1) is 0 Å². The average Bonchev–Trinajstić information content (AvgIpc) is 2.64. The number of carbonyl (C=O) groups excluding carboxylic acids is 1. The Bertz CT molecular complexity index is 726. The van der Waals surface area contributed by atoms with Gasteiger partial charge in [0.25, 0.3) is 5.91 Å². The molecule has 1 unspecified atom stereocenters. The second-order valence-corrected chi connectivity index (χ2v) is 7.66. The van der Waals surface area contributed by atoms with Crippen molar-refractivity contribution in [2.24, 2.45) is 5.92 Å². The van der Waals surface area contributed by atoms with Crippen LogP contribution in [0.15, 0.2) is 54.6 Å². The van der Waals surface area contributed by atoms with E-state index in [2.05, 4.69) is 54.6 Å². The SMILES string of the molecule is Cc1ccccc1C(=O)N[C@@H]1CCCC[C@@H]1C(c1ccccc1)N(C)C. The minimum absolute atomic E-state index is 0.0607. The summed E-state index contributed by atoms with van der Waals surface area (Å²) in [5, 5.41) is 3.37. The topological polar surface area (TPSA) is 32.3 Å². The Balaban J connectivity index is 1.83. The van der Waals surface area contributed by atoms with Gasteiger partial charge in [-0.2, -0.15) is 0 Å². The number of hydrogen-bond donors (Lipinski definition) is 1. The molecule has 1 N–H and O–H groups in total. The molecule has 1 aliphatic carbocycles. The van der Waals surface area contributed by atoms with Crippen molar-refractivity contribution in [1.29, 1.82) is 0 Å². The molecule has 1 fully saturated rings. The van der Waals surface area contributed by atoms with Gasteiger partial charge < -0.3 is 10.2 Å². The predicted octanol–water partition coefficient (Wildman–Crippen LogP) is 4.59. The molecule has 0 bridgehead atoms. The first kappa shape index (κ1) is 18.7. The number of aryl methyl sites for hydroxylation is 1. The maximum absolute atomic E-state index is 12.9. The Morgan fingerprint density at radius 3 is 2.35 bits per heavy atom. The second kappa shape index (κ2) is 8.50. The first-order chi connectivity index (χ1) is 12.6. The summed E-state index contributed by atoms with van der Waals surface area (Å²) in [6.45, 7) is 2.00. The van der Waals surface area contributed by atoms with Gasteiger partial charge >= 0.3 is 0 Å². The summed E-state index contributed by atoms with van der Waals surface area (Å²) in [6.07, 6.45) is 4.62. The number of carbonyl (C=O) groups is 1. The molecule has 0 saturated heterocycles. The first-order valence-corrected chi connectivity index (χ1v) is 9.66. The lowest BCUT2D eigenvalue weighted by atomic mass is 9.77. The molecule has 1 aliphatic rings. The molecule has 3 nitrogen and oxygen atoms in total. The van der Waals surface area contributed by atoms with Crippen molar-refractivity contribution in [3.63, 3.8) is 0 Å². The standard InChI is InChI=1S/C23H30N2O/c1-17-11-7-8-14-19(17)23(26)24-21-16-10-9-15-20(21)22(25(2)3)18-12-5-4-6-13-18/h4-8,11-14,20-22H,9-10,15-16H2,1-3H3,(H,24,26)/t20-,21+,22?/m0/s1. The van der Waals surface area contributed by atoms with Crippen LogP contribution < -0.4 is 5.32 Å². The monoisotopic (exact) mass is 350 g/mol. The van der Waals surface area contributed by atoms with Gasteiger partial charge in [-0.1, -0.05) is 61.4 Å². The average molecular weight is 351 g/mol. The van der Waals surface area contributed by atoms with Crippen LogP contribution in [0.2, 0.25) is 0 Å². The summed E-state index contributed by atoms with van der Waals surface area (Å²) in [5.74, 6) is 0.486. The zero-order valence-corrected chi connectivity index (χ0v) is 16.1. The van der Waals surface area contributed by atoms with Crippen molar-refractivity contribution in [2.75, 3.05) is 14.1 Å². The number of rotatable bonds is 5. The van der Waals surface area contributed by atoms with E-state index in [1.165, 1.54) is 18.4 Å². The fourth-order valence-electron chi connectivity index (χ4n) is 4.37. The third kappa shape index (κ3) is 4.16. The van der Waals surface area contributed by atoms with Crippen LogP contribution in [0, 0.1) is 12.8 Å². The molecule has 3 atom stereocenters. The van der Waals surface area contributed by atoms with Gasteiger partial charge in [-0.3, -0.25) is 4.79 Å². The zero-order chi connectivity index (χ0) is 18.5. The van der Waals surface area contributed by atoms with E-state index in [-0.39, 0.29) is 11.9 Å². The maximum Gasteiger partial charge on any atom is 0.251 e. The molecule has 1 amide bonds. The molecule has 3 heteroatoms. The van der Waals surface area contributed by atoms with Crippen molar-refractivity contribution in [1.82, 2.24) is 10.2 Å². The Morgan fingerprint density at radius 1 is 1.00 bits per heavy atom. The number of nitrogens with zero attached hydrogens (tertiary/aromatic N) is 1. The van der Waals surface area contributed by atoms with Crippen molar-refractivity contribution in [2.45, 2.75) is 44.7 Å². The second-order valence-electron chi connectivity index (χ2n) is 7.66. The Morgan fingerprint density at radius 2 is 1.65 bits per heavy atom. The lowest BCUT2D eigenvalue weighted by Gasteiger charge is -2.41. The predicted molar refractivity (Wildman–Crippen MR) is 107 cm³/mol. The molecule has 26 heavy (non-hydrogen) atoms. The number of amides is 1. The first-order valence-electron chi connectivity index (χ1n) is 9.66. The largest absolute Gasteiger partial charge is 0.349 e. The summed E-state index contributed by atoms with van der Waals surface area (Å²) in [5.41, 5.74) is 3.15. The molecule has 3 rings (SSSR count). The van der Waals surface area contributed by atoms with E-state index >= 15 is 0 Å². The normalized spacial score (nSPS) is 21.4. The maximum atomic E-state index is 12.9. The van der Waals surface area contributed by atoms with E-state index in [9.17, 15) is 4.79 Å². The molecular weight excluding hydrogens is 320 g/mol. The zero-order valence-electron chi connectivity index (χ0n) is 16.1. The number of benzene rings is 2. The Hall–Kier alpha value is -2.13. The van der Waals surface area contributed by atoms with Gasteiger partial charge in [0, 0.05) is 17.6 Å². The van der Waals surface area contributed by atoms with Crippen LogP contribution in [-0.2, 0) is 0 Å². The van der Waals surface area contributed by atoms with Crippen LogP contribution >= 0.6 is 0 Å². The molecule has 138 valence electrons. The van der Waals surface area contributed by atoms with Crippen molar-refractivity contribution in [3.8, 4) is 0 Å². The highest BCUT2D eigenvalue weighted by Gasteiger charge is 2.35. The Labute approximate surface area is 157 Å². The number of nitrogens with one attached hydrogen (secondary N) is 1. The molecule has 2 aromatic rings. The van der Waals surface area contributed by atoms with E-state index in [1.807, 2.05) is 31.2 Å². The molecular formula is C23H30N2O. The van der Waals surface area contributed by atoms with Crippen molar-refractivity contribution < 1.29 is 4.79 Å². The van der Waals surface area contributed by atoms with E-state index in [4.69, 9.17) is 0 Å². The minimum atomic E-state index is 0.0607. The van der Waals surface area contributed by atoms with Crippen LogP contribution in [-0.4, -0.2) is 30.9 Å². The van der Waals surface area contributed by atoms with E-state index in [0.717, 1.165) is 24.0 Å². The smallest absolute Gasteiger partial charge is 0.251 e. The number of hydrogen-bond acceptors (Lipinski definition) is 2. The molecule has 1 saturated carbocycles. The van der Waals surface area contributed by atoms with Gasteiger partial charge in [0.15, 0.2) is 0 Å². The third-order valence-corrected chi connectivity index (χ3v) is 5.63. The molecule has 0 aliphatic heterocycles. The quantitative estimate of drug-likeness (QED) is 0.855. The summed E-state index contributed by atoms with van der Waals surface area (Å²) >= 11 is 0. The van der Waals surface area contributed by atoms with Crippen LogP contribution in [0.4, 0.5) is 0 Å². The van der Waals surface area contributed by atoms with E-state index in [0.29, 0.717) is 12.0 Å². The van der Waals surface area contributed by atoms with Crippen molar-refractivity contribution in [3.05, 3.63) is 71.3 Å². The molecule has 0 radical (unpaired) electrons. The van der Waals surface area contributed by atoms with Crippen LogP contribution in [0.1, 0.15) is 53.2 Å². The third-order valence-electron chi connectivity index (χ3n) is 5.63. The summed E-state index contributed by atoms with van der Waals surface area (Å²) in [4.78, 5) is 15.2. The fraction of sp³-hybridized carbons (Fsp3) is 0.435. The highest BCUT2D eigenvalue weighted by Crippen LogP contribution is 2.37. The summed E-state index contributed by atoms with van der Waals surface area (Å²) in [7, 11) is 4.29. The van der Waals surface area contributed by atoms with Gasteiger partial charge in [-0.05, 0) is 57.0 Å². The molecule has 0 aromatic heterocycles. The summed E-state index contributed by atoms with van der Waals surface area (Å²) in [6, 6.07) is 19.1. The van der Waals surface area contributed by atoms with Gasteiger partial charge in [0.2, 0.25) is 0 Å². The van der Waals surface area contributed by atoms with Gasteiger partial charge in [-0.25, -0.2) is 0 Å². The van der Waals surface area contributed by atoms with Gasteiger partial charge in [0.1, 0.15) is 0 Å². The molecule has 0 spiro atoms. The molecule has 0 heterocycles. The lowest BCUT2D eigenvalue weighted by molar-refractivity contribution is 0.0845. The highest BCUT2D eigenvalue weighted by atomic mass is 16.1. The fourth-order valence-corrected chi connectivity index (χ4v) is 4.37. The van der Waals surface area contributed by atoms with Crippen LogP contribution in [0.3, 0.4) is 0 Å². The van der Waals surface area contributed by atoms with E-state index in [1.54, 1.807) is 0 Å². The summed E-state index contributed by atoms with van der Waals surface area (Å²) < 4.78 is 0. The van der Waals surface area contributed by atoms with Crippen molar-refractivity contribution >= 4 is 5.91 Å². The van der Waals surface area contributed by atoms with Crippen LogP contribution in [0.25, 0.3) is 0 Å². The van der Waals surface area contributed by atoms with E-state index < -0.39 is 0 Å². The lowest BCUT2D eigenvalue weighted by Crippen LogP contribution is -2.47.